The summed E-state index contributed by atoms with van der Waals surface area (Å²) in [6, 6.07) is 16.0. The summed E-state index contributed by atoms with van der Waals surface area (Å²) in [6.07, 6.45) is 1.53. The van der Waals surface area contributed by atoms with Gasteiger partial charge in [0.25, 0.3) is 0 Å². The standard InChI is InChI=1S/C17H19NO3S/c1-13(14-6-4-3-5-7-14)12-17(19)18-15-8-10-16(11-9-15)22(2,20)21/h3-11,13H,12H2,1-2H3,(H,18,19)/t13-/m1/s1. The van der Waals surface area contributed by atoms with Crippen LogP contribution in [0.4, 0.5) is 5.69 Å². The molecule has 22 heavy (non-hydrogen) atoms. The van der Waals surface area contributed by atoms with E-state index in [1.54, 1.807) is 12.1 Å². The van der Waals surface area contributed by atoms with Crippen LogP contribution in [0.15, 0.2) is 59.5 Å². The van der Waals surface area contributed by atoms with Gasteiger partial charge < -0.3 is 5.32 Å². The molecule has 0 aromatic heterocycles. The summed E-state index contributed by atoms with van der Waals surface area (Å²) in [5.41, 5.74) is 1.71. The molecule has 0 saturated heterocycles. The monoisotopic (exact) mass is 317 g/mol. The lowest BCUT2D eigenvalue weighted by molar-refractivity contribution is -0.116. The van der Waals surface area contributed by atoms with Crippen LogP contribution >= 0.6 is 0 Å². The van der Waals surface area contributed by atoms with Gasteiger partial charge in [-0.2, -0.15) is 0 Å². The van der Waals surface area contributed by atoms with E-state index in [1.807, 2.05) is 37.3 Å². The normalized spacial score (nSPS) is 12.6. The zero-order valence-corrected chi connectivity index (χ0v) is 13.4. The van der Waals surface area contributed by atoms with Gasteiger partial charge in [0.1, 0.15) is 0 Å². The minimum atomic E-state index is -3.22. The molecule has 0 aliphatic carbocycles. The second kappa shape index (κ2) is 6.75. The third-order valence-corrected chi connectivity index (χ3v) is 4.55. The minimum Gasteiger partial charge on any atom is -0.326 e. The van der Waals surface area contributed by atoms with Crippen molar-refractivity contribution in [2.45, 2.75) is 24.2 Å². The lowest BCUT2D eigenvalue weighted by Crippen LogP contribution is -2.14. The summed E-state index contributed by atoms with van der Waals surface area (Å²) in [5.74, 6) is 0.0277. The summed E-state index contributed by atoms with van der Waals surface area (Å²) in [7, 11) is -3.22. The predicted octanol–water partition coefficient (Wildman–Crippen LogP) is 3.22. The van der Waals surface area contributed by atoms with E-state index >= 15 is 0 Å². The first-order valence-electron chi connectivity index (χ1n) is 7.01. The van der Waals surface area contributed by atoms with Gasteiger partial charge in [0.15, 0.2) is 9.84 Å². The molecule has 0 aliphatic rings. The van der Waals surface area contributed by atoms with Gasteiger partial charge in [-0.3, -0.25) is 4.79 Å². The highest BCUT2D eigenvalue weighted by atomic mass is 32.2. The Hall–Kier alpha value is -2.14. The fourth-order valence-corrected chi connectivity index (χ4v) is 2.81. The molecule has 4 nitrogen and oxygen atoms in total. The third kappa shape index (κ3) is 4.43. The molecule has 1 N–H and O–H groups in total. The largest absolute Gasteiger partial charge is 0.326 e. The maximum atomic E-state index is 12.0. The number of amides is 1. The molecule has 1 atom stereocenters. The summed E-state index contributed by atoms with van der Waals surface area (Å²) < 4.78 is 22.8. The van der Waals surface area contributed by atoms with Crippen molar-refractivity contribution in [2.24, 2.45) is 0 Å². The molecule has 0 spiro atoms. The van der Waals surface area contributed by atoms with Crippen molar-refractivity contribution in [1.82, 2.24) is 0 Å². The number of hydrogen-bond acceptors (Lipinski definition) is 3. The number of sulfone groups is 1. The highest BCUT2D eigenvalue weighted by Crippen LogP contribution is 2.20. The number of carbonyl (C=O) groups excluding carboxylic acids is 1. The van der Waals surface area contributed by atoms with Gasteiger partial charge in [-0.25, -0.2) is 8.42 Å². The fraction of sp³-hybridized carbons (Fsp3) is 0.235. The van der Waals surface area contributed by atoms with Crippen molar-refractivity contribution in [3.8, 4) is 0 Å². The number of rotatable bonds is 5. The van der Waals surface area contributed by atoms with E-state index in [-0.39, 0.29) is 16.7 Å². The molecule has 0 bridgehead atoms. The van der Waals surface area contributed by atoms with Crippen LogP contribution < -0.4 is 5.32 Å². The van der Waals surface area contributed by atoms with Crippen LogP contribution in [0.1, 0.15) is 24.8 Å². The number of nitrogens with one attached hydrogen (secondary N) is 1. The molecule has 0 radical (unpaired) electrons. The molecule has 0 aliphatic heterocycles. The molecule has 0 saturated carbocycles. The number of hydrogen-bond donors (Lipinski definition) is 1. The highest BCUT2D eigenvalue weighted by molar-refractivity contribution is 7.90. The van der Waals surface area contributed by atoms with Gasteiger partial charge in [-0.1, -0.05) is 37.3 Å². The van der Waals surface area contributed by atoms with Crippen LogP contribution in [-0.2, 0) is 14.6 Å². The third-order valence-electron chi connectivity index (χ3n) is 3.43. The van der Waals surface area contributed by atoms with E-state index in [9.17, 15) is 13.2 Å². The van der Waals surface area contributed by atoms with Crippen molar-refractivity contribution in [3.05, 3.63) is 60.2 Å². The maximum Gasteiger partial charge on any atom is 0.224 e. The lowest BCUT2D eigenvalue weighted by Gasteiger charge is -2.12. The maximum absolute atomic E-state index is 12.0. The molecule has 0 unspecified atom stereocenters. The smallest absolute Gasteiger partial charge is 0.224 e. The predicted molar refractivity (Wildman–Crippen MR) is 87.7 cm³/mol. The Morgan fingerprint density at radius 2 is 1.64 bits per heavy atom. The highest BCUT2D eigenvalue weighted by Gasteiger charge is 2.12. The van der Waals surface area contributed by atoms with Gasteiger partial charge in [0, 0.05) is 18.4 Å². The minimum absolute atomic E-state index is 0.0940. The molecule has 116 valence electrons. The van der Waals surface area contributed by atoms with Crippen molar-refractivity contribution < 1.29 is 13.2 Å². The Kier molecular flexibility index (Phi) is 4.98. The Balaban J connectivity index is 1.98. The van der Waals surface area contributed by atoms with Crippen molar-refractivity contribution in [3.63, 3.8) is 0 Å². The molecule has 5 heteroatoms. The van der Waals surface area contributed by atoms with E-state index in [0.29, 0.717) is 12.1 Å². The SMILES string of the molecule is C[C@H](CC(=O)Nc1ccc(S(C)(=O)=O)cc1)c1ccccc1. The van der Waals surface area contributed by atoms with Gasteiger partial charge in [-0.15, -0.1) is 0 Å². The molecule has 0 fully saturated rings. The lowest BCUT2D eigenvalue weighted by atomic mass is 9.97. The number of benzene rings is 2. The Bertz CT molecular complexity index is 737. The molecule has 1 amide bonds. The van der Waals surface area contributed by atoms with Crippen molar-refractivity contribution in [2.75, 3.05) is 11.6 Å². The van der Waals surface area contributed by atoms with Gasteiger partial charge >= 0.3 is 0 Å². The van der Waals surface area contributed by atoms with E-state index < -0.39 is 9.84 Å². The van der Waals surface area contributed by atoms with Crippen molar-refractivity contribution >= 4 is 21.4 Å². The van der Waals surface area contributed by atoms with Crippen LogP contribution in [0.2, 0.25) is 0 Å². The molecule has 2 aromatic rings. The Morgan fingerprint density at radius 3 is 2.18 bits per heavy atom. The van der Waals surface area contributed by atoms with E-state index in [4.69, 9.17) is 0 Å². The molecule has 2 aromatic carbocycles. The average molecular weight is 317 g/mol. The van der Waals surface area contributed by atoms with Crippen LogP contribution in [0.5, 0.6) is 0 Å². The number of carbonyl (C=O) groups is 1. The quantitative estimate of drug-likeness (QED) is 0.921. The molecule has 2 rings (SSSR count). The zero-order chi connectivity index (χ0) is 16.2. The number of anilines is 1. The molecular formula is C17H19NO3S. The van der Waals surface area contributed by atoms with E-state index in [0.717, 1.165) is 11.8 Å². The summed E-state index contributed by atoms with van der Waals surface area (Å²) >= 11 is 0. The second-order valence-electron chi connectivity index (χ2n) is 5.36. The fourth-order valence-electron chi connectivity index (χ4n) is 2.17. The summed E-state index contributed by atoms with van der Waals surface area (Å²) in [6.45, 7) is 2.00. The summed E-state index contributed by atoms with van der Waals surface area (Å²) in [4.78, 5) is 12.3. The van der Waals surface area contributed by atoms with Gasteiger partial charge in [-0.05, 0) is 35.7 Å². The summed E-state index contributed by atoms with van der Waals surface area (Å²) in [5, 5.41) is 2.79. The average Bonchev–Trinajstić information content (AvgIpc) is 2.47. The Morgan fingerprint density at radius 1 is 1.05 bits per heavy atom. The van der Waals surface area contributed by atoms with E-state index in [2.05, 4.69) is 5.32 Å². The van der Waals surface area contributed by atoms with Crippen molar-refractivity contribution in [1.29, 1.82) is 0 Å². The van der Waals surface area contributed by atoms with E-state index in [1.165, 1.54) is 12.1 Å². The first-order chi connectivity index (χ1) is 10.4. The van der Waals surface area contributed by atoms with Crippen LogP contribution in [0, 0.1) is 0 Å². The zero-order valence-electron chi connectivity index (χ0n) is 12.6. The Labute approximate surface area is 131 Å². The van der Waals surface area contributed by atoms with Gasteiger partial charge in [0.05, 0.1) is 4.90 Å². The van der Waals surface area contributed by atoms with Crippen LogP contribution in [-0.4, -0.2) is 20.6 Å². The first kappa shape index (κ1) is 16.2. The topological polar surface area (TPSA) is 63.2 Å². The first-order valence-corrected chi connectivity index (χ1v) is 8.90. The molecule has 0 heterocycles. The second-order valence-corrected chi connectivity index (χ2v) is 7.38. The molecular weight excluding hydrogens is 298 g/mol. The van der Waals surface area contributed by atoms with Crippen LogP contribution in [0.25, 0.3) is 0 Å². The van der Waals surface area contributed by atoms with Crippen LogP contribution in [0.3, 0.4) is 0 Å². The van der Waals surface area contributed by atoms with Gasteiger partial charge in [0.2, 0.25) is 5.91 Å².